The maximum absolute atomic E-state index is 8.29. The quantitative estimate of drug-likeness (QED) is 0.308. The Balaban J connectivity index is 3.35. The Labute approximate surface area is 48.1 Å². The van der Waals surface area contributed by atoms with Crippen LogP contribution in [0.15, 0.2) is 0 Å². The van der Waals surface area contributed by atoms with Gasteiger partial charge in [0.2, 0.25) is 0 Å². The summed E-state index contributed by atoms with van der Waals surface area (Å²) < 4.78 is 0. The second-order valence-electron chi connectivity index (χ2n) is 1.49. The van der Waals surface area contributed by atoms with E-state index in [1.807, 2.05) is 0 Å². The first-order valence-corrected chi connectivity index (χ1v) is 2.23. The average Bonchev–Trinajstić information content (AvgIpc) is 1.67. The number of aliphatic hydroxyl groups is 2. The molecule has 0 aromatic heterocycles. The molecule has 0 aliphatic rings. The Morgan fingerprint density at radius 1 is 1.62 bits per heavy atom. The normalized spacial score (nSPS) is 13.4. The minimum absolute atomic E-state index is 0.192. The molecule has 0 radical (unpaired) electrons. The van der Waals surface area contributed by atoms with Gasteiger partial charge in [0.05, 0.1) is 6.04 Å². The highest BCUT2D eigenvalue weighted by molar-refractivity contribution is 4.88. The molecule has 0 aliphatic carbocycles. The van der Waals surface area contributed by atoms with Gasteiger partial charge in [-0.05, 0) is 0 Å². The molecule has 0 aliphatic heterocycles. The van der Waals surface area contributed by atoms with Crippen molar-refractivity contribution >= 4 is 0 Å². The molecule has 0 bridgehead atoms. The van der Waals surface area contributed by atoms with Gasteiger partial charge in [0, 0.05) is 6.42 Å². The largest absolute Gasteiger partial charge is 0.367 e. The van der Waals surface area contributed by atoms with E-state index in [2.05, 4.69) is 5.92 Å². The van der Waals surface area contributed by atoms with Crippen LogP contribution in [0, 0.1) is 12.3 Å². The molecule has 0 saturated heterocycles. The smallest absolute Gasteiger partial charge is 0.167 e. The molecule has 8 heavy (non-hydrogen) atoms. The molecule has 0 amide bonds. The van der Waals surface area contributed by atoms with Crippen molar-refractivity contribution in [3.05, 3.63) is 0 Å². The first-order chi connectivity index (χ1) is 3.68. The van der Waals surface area contributed by atoms with Crippen LogP contribution < -0.4 is 5.73 Å². The lowest BCUT2D eigenvalue weighted by atomic mass is 10.2. The second kappa shape index (κ2) is 3.44. The highest BCUT2D eigenvalue weighted by atomic mass is 16.5. The van der Waals surface area contributed by atoms with Crippen molar-refractivity contribution < 1.29 is 10.2 Å². The van der Waals surface area contributed by atoms with E-state index < -0.39 is 12.3 Å². The highest BCUT2D eigenvalue weighted by Crippen LogP contribution is 1.88. The summed E-state index contributed by atoms with van der Waals surface area (Å²) in [5.74, 6) is 2.20. The summed E-state index contributed by atoms with van der Waals surface area (Å²) in [6.45, 7) is 0. The van der Waals surface area contributed by atoms with Gasteiger partial charge in [0.25, 0.3) is 0 Å². The first kappa shape index (κ1) is 7.44. The SMILES string of the molecule is C#CC[C@H](N)C(O)O. The molecule has 1 atom stereocenters. The summed E-state index contributed by atoms with van der Waals surface area (Å²) >= 11 is 0. The number of aliphatic hydroxyl groups excluding tert-OH is 1. The summed E-state index contributed by atoms with van der Waals surface area (Å²) in [7, 11) is 0. The first-order valence-electron chi connectivity index (χ1n) is 2.23. The summed E-state index contributed by atoms with van der Waals surface area (Å²) in [4.78, 5) is 0. The van der Waals surface area contributed by atoms with Crippen molar-refractivity contribution in [2.24, 2.45) is 5.73 Å². The van der Waals surface area contributed by atoms with Crippen LogP contribution in [-0.2, 0) is 0 Å². The average molecular weight is 115 g/mol. The Hall–Kier alpha value is -0.560. The molecule has 0 spiro atoms. The maximum atomic E-state index is 8.29. The number of hydrogen-bond acceptors (Lipinski definition) is 3. The molecular weight excluding hydrogens is 106 g/mol. The van der Waals surface area contributed by atoms with Gasteiger partial charge in [-0.25, -0.2) is 0 Å². The number of nitrogens with two attached hydrogens (primary N) is 1. The maximum Gasteiger partial charge on any atom is 0.167 e. The molecule has 0 aromatic rings. The molecular formula is C5H9NO2. The molecule has 46 valence electrons. The van der Waals surface area contributed by atoms with Gasteiger partial charge >= 0.3 is 0 Å². The predicted octanol–water partition coefficient (Wildman–Crippen LogP) is -1.35. The second-order valence-corrected chi connectivity index (χ2v) is 1.49. The Morgan fingerprint density at radius 3 is 2.25 bits per heavy atom. The fourth-order valence-electron chi connectivity index (χ4n) is 0.241. The summed E-state index contributed by atoms with van der Waals surface area (Å²) in [5, 5.41) is 16.6. The molecule has 3 heteroatoms. The Bertz CT molecular complexity index is 95.1. The zero-order valence-electron chi connectivity index (χ0n) is 4.41. The fraction of sp³-hybridized carbons (Fsp3) is 0.600. The van der Waals surface area contributed by atoms with Gasteiger partial charge < -0.3 is 15.9 Å². The molecule has 3 nitrogen and oxygen atoms in total. The molecule has 0 heterocycles. The lowest BCUT2D eigenvalue weighted by Crippen LogP contribution is -2.33. The number of terminal acetylenes is 1. The van der Waals surface area contributed by atoms with Crippen molar-refractivity contribution in [2.45, 2.75) is 18.8 Å². The van der Waals surface area contributed by atoms with E-state index in [4.69, 9.17) is 22.4 Å². The Kier molecular flexibility index (Phi) is 3.20. The zero-order chi connectivity index (χ0) is 6.57. The molecule has 0 fully saturated rings. The van der Waals surface area contributed by atoms with Gasteiger partial charge in [-0.3, -0.25) is 0 Å². The molecule has 0 rings (SSSR count). The van der Waals surface area contributed by atoms with Crippen LogP contribution in [-0.4, -0.2) is 22.5 Å². The van der Waals surface area contributed by atoms with E-state index in [9.17, 15) is 0 Å². The van der Waals surface area contributed by atoms with Gasteiger partial charge in [-0.1, -0.05) is 0 Å². The fourth-order valence-corrected chi connectivity index (χ4v) is 0.241. The zero-order valence-corrected chi connectivity index (χ0v) is 4.41. The van der Waals surface area contributed by atoms with Crippen LogP contribution in [0.4, 0.5) is 0 Å². The van der Waals surface area contributed by atoms with Gasteiger partial charge in [-0.15, -0.1) is 12.3 Å². The molecule has 4 N–H and O–H groups in total. The lowest BCUT2D eigenvalue weighted by Gasteiger charge is -2.08. The lowest BCUT2D eigenvalue weighted by molar-refractivity contribution is -0.0567. The van der Waals surface area contributed by atoms with Crippen molar-refractivity contribution in [1.82, 2.24) is 0 Å². The van der Waals surface area contributed by atoms with Crippen molar-refractivity contribution in [3.63, 3.8) is 0 Å². The van der Waals surface area contributed by atoms with Gasteiger partial charge in [0.15, 0.2) is 6.29 Å². The van der Waals surface area contributed by atoms with E-state index >= 15 is 0 Å². The van der Waals surface area contributed by atoms with Crippen LogP contribution in [0.25, 0.3) is 0 Å². The van der Waals surface area contributed by atoms with Crippen molar-refractivity contribution in [3.8, 4) is 12.3 Å². The van der Waals surface area contributed by atoms with Gasteiger partial charge in [-0.2, -0.15) is 0 Å². The van der Waals surface area contributed by atoms with Crippen molar-refractivity contribution in [2.75, 3.05) is 0 Å². The Morgan fingerprint density at radius 2 is 2.12 bits per heavy atom. The topological polar surface area (TPSA) is 66.5 Å². The predicted molar refractivity (Wildman–Crippen MR) is 29.7 cm³/mol. The van der Waals surface area contributed by atoms with E-state index in [-0.39, 0.29) is 6.42 Å². The third-order valence-corrected chi connectivity index (χ3v) is 0.737. The minimum Gasteiger partial charge on any atom is -0.367 e. The minimum atomic E-state index is -1.49. The van der Waals surface area contributed by atoms with Crippen LogP contribution >= 0.6 is 0 Å². The molecule has 0 unspecified atom stereocenters. The number of rotatable bonds is 2. The van der Waals surface area contributed by atoms with E-state index in [1.54, 1.807) is 0 Å². The van der Waals surface area contributed by atoms with E-state index in [0.717, 1.165) is 0 Å². The van der Waals surface area contributed by atoms with Crippen molar-refractivity contribution in [1.29, 1.82) is 0 Å². The van der Waals surface area contributed by atoms with Crippen LogP contribution in [0.3, 0.4) is 0 Å². The molecule has 0 saturated carbocycles. The van der Waals surface area contributed by atoms with E-state index in [1.165, 1.54) is 0 Å². The third-order valence-electron chi connectivity index (χ3n) is 0.737. The summed E-state index contributed by atoms with van der Waals surface area (Å²) in [5.41, 5.74) is 5.08. The highest BCUT2D eigenvalue weighted by Gasteiger charge is 2.07. The summed E-state index contributed by atoms with van der Waals surface area (Å²) in [6, 6.07) is -0.708. The number of hydrogen-bond donors (Lipinski definition) is 3. The molecule has 0 aromatic carbocycles. The monoisotopic (exact) mass is 115 g/mol. The standard InChI is InChI=1S/C5H9NO2/c1-2-3-4(6)5(7)8/h1,4-5,7-8H,3,6H2/t4-/m0/s1. The van der Waals surface area contributed by atoms with Crippen LogP contribution in [0.2, 0.25) is 0 Å². The van der Waals surface area contributed by atoms with E-state index in [0.29, 0.717) is 0 Å². The van der Waals surface area contributed by atoms with Crippen LogP contribution in [0.5, 0.6) is 0 Å². The van der Waals surface area contributed by atoms with Crippen LogP contribution in [0.1, 0.15) is 6.42 Å². The third kappa shape index (κ3) is 2.59. The van der Waals surface area contributed by atoms with Gasteiger partial charge in [0.1, 0.15) is 0 Å². The summed E-state index contributed by atoms with van der Waals surface area (Å²) in [6.07, 6.45) is 3.51.